The molecule has 2 aliphatic carbocycles. The van der Waals surface area contributed by atoms with Crippen molar-refractivity contribution in [1.29, 1.82) is 0 Å². The Balaban J connectivity index is 0.000000307. The van der Waals surface area contributed by atoms with Crippen LogP contribution in [0.3, 0.4) is 0 Å². The number of rotatable bonds is 2. The largest absolute Gasteiger partial charge is 0.383 e. The van der Waals surface area contributed by atoms with Crippen LogP contribution in [0.5, 0.6) is 0 Å². The number of hydrogen-bond donors (Lipinski definition) is 0. The summed E-state index contributed by atoms with van der Waals surface area (Å²) in [5, 5.41) is 0. The molecule has 0 aromatic heterocycles. The Labute approximate surface area is 112 Å². The van der Waals surface area contributed by atoms with Gasteiger partial charge >= 0.3 is 0 Å². The third-order valence-electron chi connectivity index (χ3n) is 5.46. The topological polar surface area (TPSA) is 12.5 Å². The maximum atomic E-state index is 5.53. The minimum Gasteiger partial charge on any atom is -0.383 e. The third kappa shape index (κ3) is 2.02. The zero-order chi connectivity index (χ0) is 12.9. The molecule has 0 aromatic carbocycles. The Morgan fingerprint density at radius 1 is 0.944 bits per heavy atom. The van der Waals surface area contributed by atoms with Crippen molar-refractivity contribution in [2.24, 2.45) is 10.8 Å². The number of ether oxygens (including phenoxy) is 1. The number of fused-ring (bicyclic) bond motifs is 1. The fourth-order valence-electron chi connectivity index (χ4n) is 4.48. The van der Waals surface area contributed by atoms with Crippen molar-refractivity contribution in [3.8, 4) is 0 Å². The van der Waals surface area contributed by atoms with E-state index >= 15 is 0 Å². The molecule has 2 heterocycles. The van der Waals surface area contributed by atoms with Crippen molar-refractivity contribution in [1.82, 2.24) is 4.90 Å². The van der Waals surface area contributed by atoms with E-state index in [1.807, 2.05) is 7.11 Å². The molecule has 0 aromatic rings. The molecule has 2 heteroatoms. The van der Waals surface area contributed by atoms with Crippen LogP contribution < -0.4 is 0 Å². The van der Waals surface area contributed by atoms with Gasteiger partial charge in [-0.3, -0.25) is 4.90 Å². The molecule has 0 atom stereocenters. The summed E-state index contributed by atoms with van der Waals surface area (Å²) >= 11 is 0. The lowest BCUT2D eigenvalue weighted by Gasteiger charge is -2.31. The van der Waals surface area contributed by atoms with Crippen molar-refractivity contribution >= 4 is 0 Å². The van der Waals surface area contributed by atoms with E-state index in [1.165, 1.54) is 58.0 Å². The highest BCUT2D eigenvalue weighted by Crippen LogP contribution is 2.67. The predicted molar refractivity (Wildman–Crippen MR) is 74.7 cm³/mol. The van der Waals surface area contributed by atoms with Gasteiger partial charge in [0.15, 0.2) is 0 Å². The molecule has 0 bridgehead atoms. The van der Waals surface area contributed by atoms with Crippen LogP contribution in [0.1, 0.15) is 58.8 Å². The first-order valence-electron chi connectivity index (χ1n) is 7.86. The van der Waals surface area contributed by atoms with Crippen molar-refractivity contribution in [3.05, 3.63) is 0 Å². The summed E-state index contributed by atoms with van der Waals surface area (Å²) in [7, 11) is 1.88. The summed E-state index contributed by atoms with van der Waals surface area (Å²) in [5.74, 6) is 0. The molecule has 18 heavy (non-hydrogen) atoms. The lowest BCUT2D eigenvalue weighted by molar-refractivity contribution is 0.0649. The molecule has 2 spiro atoms. The van der Waals surface area contributed by atoms with Crippen LogP contribution in [-0.4, -0.2) is 37.2 Å². The number of methoxy groups -OCH3 is 1. The SMILES string of the molecule is CCC.COCC12CC3(CC3)CN1CC1(CC1)C2. The van der Waals surface area contributed by atoms with Crippen LogP contribution in [0.15, 0.2) is 0 Å². The molecule has 4 rings (SSSR count). The van der Waals surface area contributed by atoms with Crippen LogP contribution in [-0.2, 0) is 4.74 Å². The standard InChI is InChI=1S/C13H21NO.C3H8/c1-15-10-13-6-11(2-3-11)8-14(13)9-12(7-13)4-5-12;1-3-2/h2-10H2,1H3;3H2,1-2H3. The van der Waals surface area contributed by atoms with E-state index in [0.717, 1.165) is 17.4 Å². The molecule has 2 aliphatic heterocycles. The Morgan fingerprint density at radius 3 is 1.72 bits per heavy atom. The predicted octanol–water partition coefficient (Wildman–Crippen LogP) is 3.46. The van der Waals surface area contributed by atoms with E-state index in [4.69, 9.17) is 4.74 Å². The first-order chi connectivity index (χ1) is 8.62. The molecule has 2 saturated heterocycles. The highest BCUT2D eigenvalue weighted by Gasteiger charge is 2.67. The van der Waals surface area contributed by atoms with E-state index in [1.54, 1.807) is 0 Å². The van der Waals surface area contributed by atoms with Crippen molar-refractivity contribution < 1.29 is 4.74 Å². The molecular formula is C16H29NO. The molecule has 104 valence electrons. The first kappa shape index (κ1) is 12.9. The average Bonchev–Trinajstić information content (AvgIpc) is 3.14. The Kier molecular flexibility index (Phi) is 3.02. The molecular weight excluding hydrogens is 222 g/mol. The zero-order valence-electron chi connectivity index (χ0n) is 12.4. The summed E-state index contributed by atoms with van der Waals surface area (Å²) in [4.78, 5) is 2.80. The smallest absolute Gasteiger partial charge is 0.0647 e. The molecule has 0 radical (unpaired) electrons. The molecule has 2 saturated carbocycles. The first-order valence-corrected chi connectivity index (χ1v) is 7.86. The highest BCUT2D eigenvalue weighted by molar-refractivity contribution is 5.20. The van der Waals surface area contributed by atoms with E-state index in [9.17, 15) is 0 Å². The van der Waals surface area contributed by atoms with Crippen molar-refractivity contribution in [2.45, 2.75) is 64.3 Å². The van der Waals surface area contributed by atoms with E-state index in [-0.39, 0.29) is 0 Å². The van der Waals surface area contributed by atoms with Gasteiger partial charge in [-0.1, -0.05) is 20.3 Å². The lowest BCUT2D eigenvalue weighted by atomic mass is 9.85. The summed E-state index contributed by atoms with van der Waals surface area (Å²) in [6.45, 7) is 8.01. The van der Waals surface area contributed by atoms with Crippen LogP contribution in [0.2, 0.25) is 0 Å². The number of hydrogen-bond acceptors (Lipinski definition) is 2. The second kappa shape index (κ2) is 4.21. The van der Waals surface area contributed by atoms with E-state index < -0.39 is 0 Å². The van der Waals surface area contributed by atoms with Gasteiger partial charge in [0.2, 0.25) is 0 Å². The fourth-order valence-corrected chi connectivity index (χ4v) is 4.48. The molecule has 2 nitrogen and oxygen atoms in total. The maximum absolute atomic E-state index is 5.53. The van der Waals surface area contributed by atoms with Gasteiger partial charge < -0.3 is 4.74 Å². The van der Waals surface area contributed by atoms with Crippen LogP contribution in [0.4, 0.5) is 0 Å². The van der Waals surface area contributed by atoms with Gasteiger partial charge in [0.25, 0.3) is 0 Å². The minimum atomic E-state index is 0.460. The highest BCUT2D eigenvalue weighted by atomic mass is 16.5. The summed E-state index contributed by atoms with van der Waals surface area (Å²) in [6.07, 6.45) is 10.1. The molecule has 4 fully saturated rings. The maximum Gasteiger partial charge on any atom is 0.0647 e. The van der Waals surface area contributed by atoms with Crippen LogP contribution >= 0.6 is 0 Å². The van der Waals surface area contributed by atoms with Crippen LogP contribution in [0, 0.1) is 10.8 Å². The Hall–Kier alpha value is -0.0800. The fraction of sp³-hybridized carbons (Fsp3) is 1.00. The minimum absolute atomic E-state index is 0.460. The summed E-state index contributed by atoms with van der Waals surface area (Å²) in [6, 6.07) is 0. The number of nitrogens with zero attached hydrogens (tertiary/aromatic N) is 1. The quantitative estimate of drug-likeness (QED) is 0.745. The molecule has 4 aliphatic rings. The summed E-state index contributed by atoms with van der Waals surface area (Å²) < 4.78 is 5.53. The van der Waals surface area contributed by atoms with Gasteiger partial charge in [0, 0.05) is 25.7 Å². The molecule has 0 amide bonds. The zero-order valence-corrected chi connectivity index (χ0v) is 12.4. The van der Waals surface area contributed by atoms with Gasteiger partial charge in [-0.2, -0.15) is 0 Å². The lowest BCUT2D eigenvalue weighted by Crippen LogP contribution is -2.42. The molecule has 0 unspecified atom stereocenters. The summed E-state index contributed by atoms with van der Waals surface area (Å²) in [5.41, 5.74) is 1.95. The van der Waals surface area contributed by atoms with Gasteiger partial charge in [-0.15, -0.1) is 0 Å². The van der Waals surface area contributed by atoms with E-state index in [0.29, 0.717) is 5.54 Å². The van der Waals surface area contributed by atoms with Gasteiger partial charge in [0.1, 0.15) is 0 Å². The second-order valence-corrected chi connectivity index (χ2v) is 7.57. The van der Waals surface area contributed by atoms with E-state index in [2.05, 4.69) is 18.7 Å². The molecule has 0 N–H and O–H groups in total. The van der Waals surface area contributed by atoms with Gasteiger partial charge in [-0.05, 0) is 49.4 Å². The monoisotopic (exact) mass is 251 g/mol. The second-order valence-electron chi connectivity index (χ2n) is 7.57. The Bertz CT molecular complexity index is 293. The average molecular weight is 251 g/mol. The third-order valence-corrected chi connectivity index (χ3v) is 5.46. The van der Waals surface area contributed by atoms with Gasteiger partial charge in [0.05, 0.1) is 6.61 Å². The van der Waals surface area contributed by atoms with Crippen molar-refractivity contribution in [2.75, 3.05) is 26.8 Å². The van der Waals surface area contributed by atoms with Crippen molar-refractivity contribution in [3.63, 3.8) is 0 Å². The van der Waals surface area contributed by atoms with Crippen LogP contribution in [0.25, 0.3) is 0 Å². The Morgan fingerprint density at radius 2 is 1.39 bits per heavy atom. The normalized spacial score (nSPS) is 32.2. The van der Waals surface area contributed by atoms with Gasteiger partial charge in [-0.25, -0.2) is 0 Å².